The van der Waals surface area contributed by atoms with Gasteiger partial charge < -0.3 is 15.8 Å². The van der Waals surface area contributed by atoms with Crippen LogP contribution in [-0.2, 0) is 20.2 Å². The molecule has 39 heavy (non-hydrogen) atoms. The number of aromatic nitrogens is 2. The molecule has 0 saturated heterocycles. The topological polar surface area (TPSA) is 208 Å². The molecule has 0 spiro atoms. The Morgan fingerprint density at radius 2 is 1.59 bits per heavy atom. The van der Waals surface area contributed by atoms with Gasteiger partial charge in [0, 0.05) is 11.1 Å². The molecule has 0 atom stereocenters. The number of hydrogen-bond donors (Lipinski definition) is 5. The quantitative estimate of drug-likeness (QED) is 0.105. The van der Waals surface area contributed by atoms with Crippen LogP contribution in [0.15, 0.2) is 86.7 Å². The molecule has 5 aromatic rings. The van der Waals surface area contributed by atoms with Gasteiger partial charge in [0.2, 0.25) is 0 Å². The molecule has 4 aromatic carbocycles. The maximum Gasteiger partial charge on any atom is 0.296 e. The third-order valence-electron chi connectivity index (χ3n) is 5.73. The molecule has 0 aliphatic carbocycles. The predicted molar refractivity (Wildman–Crippen MR) is 145 cm³/mol. The number of rotatable bonds is 6. The van der Waals surface area contributed by atoms with E-state index in [0.29, 0.717) is 11.5 Å². The van der Waals surface area contributed by atoms with Gasteiger partial charge in [0.25, 0.3) is 20.2 Å². The molecule has 12 nitrogen and oxygen atoms in total. The van der Waals surface area contributed by atoms with E-state index in [4.69, 9.17) is 5.73 Å². The van der Waals surface area contributed by atoms with Crippen molar-refractivity contribution in [3.63, 3.8) is 0 Å². The summed E-state index contributed by atoms with van der Waals surface area (Å²) in [4.78, 5) is 6.19. The van der Waals surface area contributed by atoms with Crippen LogP contribution in [0.4, 0.5) is 17.1 Å². The van der Waals surface area contributed by atoms with E-state index in [0.717, 1.165) is 34.8 Å². The minimum atomic E-state index is -4.95. The van der Waals surface area contributed by atoms with Crippen molar-refractivity contribution in [2.75, 3.05) is 5.73 Å². The number of aromatic amines is 1. The van der Waals surface area contributed by atoms with E-state index in [1.807, 2.05) is 30.3 Å². The van der Waals surface area contributed by atoms with Gasteiger partial charge >= 0.3 is 0 Å². The number of azo groups is 1. The maximum atomic E-state index is 12.0. The molecule has 1 heterocycles. The molecule has 0 aliphatic heterocycles. The molecule has 0 unspecified atom stereocenters. The average Bonchev–Trinajstić information content (AvgIpc) is 3.29. The lowest BCUT2D eigenvalue weighted by Gasteiger charge is -2.11. The second-order valence-corrected chi connectivity index (χ2v) is 11.2. The van der Waals surface area contributed by atoms with Crippen LogP contribution in [0.5, 0.6) is 5.75 Å². The van der Waals surface area contributed by atoms with E-state index in [2.05, 4.69) is 20.2 Å². The van der Waals surface area contributed by atoms with Gasteiger partial charge in [0.05, 0.1) is 21.6 Å². The lowest BCUT2D eigenvalue weighted by molar-refractivity contribution is 0.472. The lowest BCUT2D eigenvalue weighted by Crippen LogP contribution is -2.02. The fourth-order valence-electron chi connectivity index (χ4n) is 3.92. The Balaban J connectivity index is 1.48. The third-order valence-corrected chi connectivity index (χ3v) is 7.43. The fraction of sp³-hybridized carbons (Fsp3) is 0. The first-order chi connectivity index (χ1) is 18.4. The Morgan fingerprint density at radius 1 is 0.872 bits per heavy atom. The van der Waals surface area contributed by atoms with Crippen molar-refractivity contribution in [1.29, 1.82) is 0 Å². The second kappa shape index (κ2) is 9.59. The highest BCUT2D eigenvalue weighted by molar-refractivity contribution is 7.86. The number of benzene rings is 4. The zero-order chi connectivity index (χ0) is 27.9. The summed E-state index contributed by atoms with van der Waals surface area (Å²) in [6.07, 6.45) is 3.63. The molecule has 5 rings (SSSR count). The number of imidazole rings is 1. The van der Waals surface area contributed by atoms with Crippen LogP contribution in [0, 0.1) is 0 Å². The highest BCUT2D eigenvalue weighted by Crippen LogP contribution is 2.44. The van der Waals surface area contributed by atoms with Crippen LogP contribution in [-0.4, -0.2) is 41.0 Å². The summed E-state index contributed by atoms with van der Waals surface area (Å²) in [6.45, 7) is 0. The number of nitrogen functional groups attached to an aromatic ring is 1. The van der Waals surface area contributed by atoms with Gasteiger partial charge in [-0.05, 0) is 59.5 Å². The summed E-state index contributed by atoms with van der Waals surface area (Å²) < 4.78 is 66.2. The average molecular weight is 566 g/mol. The third kappa shape index (κ3) is 5.35. The normalized spacial score (nSPS) is 12.8. The summed E-state index contributed by atoms with van der Waals surface area (Å²) in [5.74, 6) is -0.0823. The minimum Gasteiger partial charge on any atom is -0.505 e. The molecule has 0 aliphatic rings. The Kier molecular flexibility index (Phi) is 6.40. The number of H-pyrrole nitrogens is 1. The minimum absolute atomic E-state index is 0.144. The monoisotopic (exact) mass is 565 g/mol. The van der Waals surface area contributed by atoms with E-state index < -0.39 is 41.5 Å². The van der Waals surface area contributed by atoms with Gasteiger partial charge in [0.15, 0.2) is 5.75 Å². The summed E-state index contributed by atoms with van der Waals surface area (Å²) in [7, 11) is -9.64. The Labute approximate surface area is 221 Å². The number of nitrogens with two attached hydrogens (primary N) is 1. The molecular weight excluding hydrogens is 546 g/mol. The van der Waals surface area contributed by atoms with Crippen molar-refractivity contribution in [3.8, 4) is 5.75 Å². The van der Waals surface area contributed by atoms with Gasteiger partial charge in [-0.25, -0.2) is 4.98 Å². The van der Waals surface area contributed by atoms with E-state index in [9.17, 15) is 31.0 Å². The van der Waals surface area contributed by atoms with Crippen LogP contribution in [0.3, 0.4) is 0 Å². The van der Waals surface area contributed by atoms with Gasteiger partial charge in [0.1, 0.15) is 16.4 Å². The zero-order valence-corrected chi connectivity index (χ0v) is 21.3. The number of para-hydroxylation sites is 2. The summed E-state index contributed by atoms with van der Waals surface area (Å²) in [5.41, 5.74) is 7.84. The molecule has 1 aromatic heterocycles. The first-order valence-corrected chi connectivity index (χ1v) is 14.0. The highest BCUT2D eigenvalue weighted by Gasteiger charge is 2.24. The van der Waals surface area contributed by atoms with Crippen LogP contribution in [0.2, 0.25) is 0 Å². The van der Waals surface area contributed by atoms with Crippen molar-refractivity contribution in [1.82, 2.24) is 9.97 Å². The Hall–Kier alpha value is -4.63. The van der Waals surface area contributed by atoms with Crippen LogP contribution < -0.4 is 5.73 Å². The molecule has 0 saturated carbocycles. The second-order valence-electron chi connectivity index (χ2n) is 8.40. The van der Waals surface area contributed by atoms with Crippen LogP contribution in [0.25, 0.3) is 34.0 Å². The van der Waals surface area contributed by atoms with Crippen molar-refractivity contribution in [3.05, 3.63) is 78.1 Å². The first kappa shape index (κ1) is 26.0. The van der Waals surface area contributed by atoms with E-state index >= 15 is 0 Å². The SMILES string of the molecule is Nc1cc(S(=O)(=O)O)cc2cc(S(=O)(=O)O)c(N=Nc3ccc(/C=C\c4nc5ccccc5[nH]4)cc3)c(O)c12. The lowest BCUT2D eigenvalue weighted by atomic mass is 10.1. The number of phenols is 1. The smallest absolute Gasteiger partial charge is 0.296 e. The van der Waals surface area contributed by atoms with Gasteiger partial charge in [-0.1, -0.05) is 30.3 Å². The number of fused-ring (bicyclic) bond motifs is 2. The number of nitrogens with zero attached hydrogens (tertiary/aromatic N) is 3. The molecule has 14 heteroatoms. The van der Waals surface area contributed by atoms with E-state index in [1.165, 1.54) is 0 Å². The zero-order valence-electron chi connectivity index (χ0n) is 19.7. The molecule has 0 radical (unpaired) electrons. The number of anilines is 1. The molecule has 0 fully saturated rings. The Morgan fingerprint density at radius 3 is 2.26 bits per heavy atom. The molecule has 0 amide bonds. The molecule has 6 N–H and O–H groups in total. The fourth-order valence-corrected chi connectivity index (χ4v) is 5.13. The predicted octanol–water partition coefficient (Wildman–Crippen LogP) is 5.08. The number of hydrogen-bond acceptors (Lipinski definition) is 9. The number of phenolic OH excluding ortho intramolecular Hbond substituents is 1. The van der Waals surface area contributed by atoms with Gasteiger partial charge in [-0.15, -0.1) is 5.11 Å². The van der Waals surface area contributed by atoms with Crippen molar-refractivity contribution >= 4 is 71.3 Å². The highest BCUT2D eigenvalue weighted by atomic mass is 32.2. The number of aromatic hydroxyl groups is 1. The Bertz CT molecular complexity index is 2000. The maximum absolute atomic E-state index is 12.0. The van der Waals surface area contributed by atoms with E-state index in [-0.39, 0.29) is 16.5 Å². The molecule has 198 valence electrons. The van der Waals surface area contributed by atoms with Crippen molar-refractivity contribution in [2.24, 2.45) is 10.2 Å². The molecular formula is C25H19N5O7S2. The largest absolute Gasteiger partial charge is 0.505 e. The van der Waals surface area contributed by atoms with Crippen LogP contribution in [0.1, 0.15) is 11.4 Å². The van der Waals surface area contributed by atoms with Gasteiger partial charge in [-0.3, -0.25) is 9.11 Å². The van der Waals surface area contributed by atoms with Crippen molar-refractivity contribution in [2.45, 2.75) is 9.79 Å². The molecule has 0 bridgehead atoms. The first-order valence-electron chi connectivity index (χ1n) is 11.1. The number of nitrogens with one attached hydrogen (secondary N) is 1. The summed E-state index contributed by atoms with van der Waals surface area (Å²) >= 11 is 0. The summed E-state index contributed by atoms with van der Waals surface area (Å²) in [5, 5.41) is 18.3. The van der Waals surface area contributed by atoms with Gasteiger partial charge in [-0.2, -0.15) is 21.9 Å². The summed E-state index contributed by atoms with van der Waals surface area (Å²) in [6, 6.07) is 16.9. The van der Waals surface area contributed by atoms with Crippen LogP contribution >= 0.6 is 0 Å². The standard InChI is InChI=1S/C25H19N5O7S2/c26-18-13-17(38(32,33)34)11-15-12-21(39(35,36)37)24(25(31)23(15)18)30-29-16-8-5-14(6-9-16)7-10-22-27-19-3-1-2-4-20(19)28-22/h1-13,31H,26H2,(H,27,28)(H,32,33,34)(H,35,36,37)/b10-7-,30-29?. The van der Waals surface area contributed by atoms with Crippen molar-refractivity contribution < 1.29 is 31.0 Å². The van der Waals surface area contributed by atoms with E-state index in [1.54, 1.807) is 30.3 Å².